The van der Waals surface area contributed by atoms with Crippen molar-refractivity contribution in [3.8, 4) is 9.75 Å². The first-order valence-electron chi connectivity index (χ1n) is 5.95. The molecule has 0 aliphatic rings. The van der Waals surface area contributed by atoms with Gasteiger partial charge in [0.15, 0.2) is 0 Å². The van der Waals surface area contributed by atoms with Crippen LogP contribution in [-0.2, 0) is 4.74 Å². The summed E-state index contributed by atoms with van der Waals surface area (Å²) in [7, 11) is 0. The van der Waals surface area contributed by atoms with Gasteiger partial charge in [-0.3, -0.25) is 0 Å². The summed E-state index contributed by atoms with van der Waals surface area (Å²) in [5.41, 5.74) is 7.02. The summed E-state index contributed by atoms with van der Waals surface area (Å²) in [5, 5.41) is 2.01. The van der Waals surface area contributed by atoms with Crippen molar-refractivity contribution < 1.29 is 9.53 Å². The fourth-order valence-electron chi connectivity index (χ4n) is 1.65. The fourth-order valence-corrected chi connectivity index (χ4v) is 3.66. The van der Waals surface area contributed by atoms with Gasteiger partial charge in [0.05, 0.1) is 10.6 Å². The van der Waals surface area contributed by atoms with Crippen LogP contribution >= 0.6 is 22.7 Å². The normalized spacial score (nSPS) is 11.6. The molecule has 2 N–H and O–H groups in total. The lowest BCUT2D eigenvalue weighted by Gasteiger charge is -2.19. The summed E-state index contributed by atoms with van der Waals surface area (Å²) >= 11 is 3.04. The van der Waals surface area contributed by atoms with Gasteiger partial charge in [-0.15, -0.1) is 22.7 Å². The van der Waals surface area contributed by atoms with Gasteiger partial charge in [-0.05, 0) is 44.7 Å². The van der Waals surface area contributed by atoms with Crippen molar-refractivity contribution >= 4 is 34.3 Å². The van der Waals surface area contributed by atoms with E-state index < -0.39 is 5.60 Å². The Morgan fingerprint density at radius 1 is 1.37 bits per heavy atom. The van der Waals surface area contributed by atoms with Crippen LogP contribution < -0.4 is 5.73 Å². The lowest BCUT2D eigenvalue weighted by molar-refractivity contribution is 0.00763. The molecule has 2 aromatic rings. The molecular weight excluding hydrogens is 278 g/mol. The smallest absolute Gasteiger partial charge is 0.351 e. The lowest BCUT2D eigenvalue weighted by Crippen LogP contribution is -2.23. The number of hydrogen-bond acceptors (Lipinski definition) is 5. The number of ether oxygens (including phenoxy) is 1. The average molecular weight is 295 g/mol. The van der Waals surface area contributed by atoms with E-state index in [1.54, 1.807) is 11.3 Å². The zero-order chi connectivity index (χ0) is 14.2. The first-order chi connectivity index (χ1) is 8.79. The van der Waals surface area contributed by atoms with E-state index in [1.807, 2.05) is 45.2 Å². The van der Waals surface area contributed by atoms with Gasteiger partial charge in [0, 0.05) is 4.88 Å². The molecule has 2 rings (SSSR count). The van der Waals surface area contributed by atoms with Gasteiger partial charge < -0.3 is 10.5 Å². The Kier molecular flexibility index (Phi) is 3.69. The molecule has 5 heteroatoms. The van der Waals surface area contributed by atoms with Crippen LogP contribution in [0.25, 0.3) is 9.75 Å². The van der Waals surface area contributed by atoms with E-state index in [-0.39, 0.29) is 5.97 Å². The van der Waals surface area contributed by atoms with Crippen molar-refractivity contribution in [1.82, 2.24) is 0 Å². The molecule has 0 aliphatic heterocycles. The first kappa shape index (κ1) is 14.1. The number of carbonyl (C=O) groups is 1. The highest BCUT2D eigenvalue weighted by atomic mass is 32.1. The molecule has 0 saturated heterocycles. The molecule has 102 valence electrons. The zero-order valence-corrected chi connectivity index (χ0v) is 13.1. The number of nitrogen functional groups attached to an aromatic ring is 1. The SMILES string of the molecule is Cc1c(-c2cccs2)sc(C(=O)OC(C)(C)C)c1N. The molecule has 0 aliphatic carbocycles. The van der Waals surface area contributed by atoms with Crippen LogP contribution in [0.5, 0.6) is 0 Å². The Labute approximate surface area is 121 Å². The maximum absolute atomic E-state index is 12.1. The minimum absolute atomic E-state index is 0.346. The number of rotatable bonds is 2. The predicted octanol–water partition coefficient (Wildman–Crippen LogP) is 4.32. The highest BCUT2D eigenvalue weighted by Gasteiger charge is 2.24. The summed E-state index contributed by atoms with van der Waals surface area (Å²) in [6.45, 7) is 7.49. The molecule has 0 spiro atoms. The zero-order valence-electron chi connectivity index (χ0n) is 11.4. The van der Waals surface area contributed by atoms with Crippen LogP contribution in [0.3, 0.4) is 0 Å². The second kappa shape index (κ2) is 4.98. The quantitative estimate of drug-likeness (QED) is 0.839. The van der Waals surface area contributed by atoms with Crippen LogP contribution in [0.15, 0.2) is 17.5 Å². The van der Waals surface area contributed by atoms with Gasteiger partial charge in [-0.2, -0.15) is 0 Å². The molecule has 3 nitrogen and oxygen atoms in total. The van der Waals surface area contributed by atoms with E-state index in [9.17, 15) is 4.79 Å². The molecule has 0 bridgehead atoms. The Balaban J connectivity index is 2.39. The van der Waals surface area contributed by atoms with Gasteiger partial charge in [0.25, 0.3) is 0 Å². The number of hydrogen-bond donors (Lipinski definition) is 1. The molecule has 0 amide bonds. The standard InChI is InChI=1S/C14H17NO2S2/c1-8-10(15)12(13(16)17-14(2,3)4)19-11(8)9-6-5-7-18-9/h5-7H,15H2,1-4H3. The Bertz CT molecular complexity index is 592. The minimum atomic E-state index is -0.509. The van der Waals surface area contributed by atoms with Crippen molar-refractivity contribution in [3.05, 3.63) is 28.0 Å². The number of nitrogens with two attached hydrogens (primary N) is 1. The summed E-state index contributed by atoms with van der Waals surface area (Å²) < 4.78 is 5.39. The molecule has 0 aromatic carbocycles. The van der Waals surface area contributed by atoms with E-state index in [1.165, 1.54) is 11.3 Å². The predicted molar refractivity (Wildman–Crippen MR) is 81.9 cm³/mol. The molecule has 0 unspecified atom stereocenters. The highest BCUT2D eigenvalue weighted by Crippen LogP contribution is 2.40. The Morgan fingerprint density at radius 2 is 2.05 bits per heavy atom. The minimum Gasteiger partial charge on any atom is -0.456 e. The number of thiophene rings is 2. The van der Waals surface area contributed by atoms with Crippen LogP contribution in [-0.4, -0.2) is 11.6 Å². The van der Waals surface area contributed by atoms with Crippen LogP contribution in [0, 0.1) is 6.92 Å². The molecule has 0 radical (unpaired) electrons. The maximum Gasteiger partial charge on any atom is 0.351 e. The average Bonchev–Trinajstić information content (AvgIpc) is 2.87. The largest absolute Gasteiger partial charge is 0.456 e. The molecule has 0 atom stereocenters. The van der Waals surface area contributed by atoms with Crippen molar-refractivity contribution in [1.29, 1.82) is 0 Å². The summed E-state index contributed by atoms with van der Waals surface area (Å²) in [5.74, 6) is -0.346. The van der Waals surface area contributed by atoms with E-state index >= 15 is 0 Å². The van der Waals surface area contributed by atoms with E-state index in [2.05, 4.69) is 0 Å². The molecule has 2 aromatic heterocycles. The van der Waals surface area contributed by atoms with Gasteiger partial charge in [0.2, 0.25) is 0 Å². The van der Waals surface area contributed by atoms with E-state index in [0.29, 0.717) is 10.6 Å². The van der Waals surface area contributed by atoms with E-state index in [4.69, 9.17) is 10.5 Å². The van der Waals surface area contributed by atoms with Crippen LogP contribution in [0.4, 0.5) is 5.69 Å². The third-order valence-corrected chi connectivity index (χ3v) is 4.86. The van der Waals surface area contributed by atoms with Crippen molar-refractivity contribution in [3.63, 3.8) is 0 Å². The number of carbonyl (C=O) groups excluding carboxylic acids is 1. The fraction of sp³-hybridized carbons (Fsp3) is 0.357. The summed E-state index contributed by atoms with van der Waals surface area (Å²) in [6.07, 6.45) is 0. The van der Waals surface area contributed by atoms with Gasteiger partial charge in [0.1, 0.15) is 10.5 Å². The van der Waals surface area contributed by atoms with Crippen molar-refractivity contribution in [2.75, 3.05) is 5.73 Å². The molecular formula is C14H17NO2S2. The maximum atomic E-state index is 12.1. The Morgan fingerprint density at radius 3 is 2.58 bits per heavy atom. The van der Waals surface area contributed by atoms with E-state index in [0.717, 1.165) is 15.3 Å². The van der Waals surface area contributed by atoms with Gasteiger partial charge in [-0.1, -0.05) is 6.07 Å². The molecule has 2 heterocycles. The molecule has 19 heavy (non-hydrogen) atoms. The summed E-state index contributed by atoms with van der Waals surface area (Å²) in [6, 6.07) is 4.02. The second-order valence-electron chi connectivity index (χ2n) is 5.28. The van der Waals surface area contributed by atoms with Crippen molar-refractivity contribution in [2.24, 2.45) is 0 Å². The third-order valence-electron chi connectivity index (χ3n) is 2.52. The summed E-state index contributed by atoms with van der Waals surface area (Å²) in [4.78, 5) is 14.8. The molecule has 0 saturated carbocycles. The van der Waals surface area contributed by atoms with Crippen LogP contribution in [0.1, 0.15) is 36.0 Å². The Hall–Kier alpha value is -1.33. The van der Waals surface area contributed by atoms with Crippen molar-refractivity contribution in [2.45, 2.75) is 33.3 Å². The monoisotopic (exact) mass is 295 g/mol. The van der Waals surface area contributed by atoms with Gasteiger partial charge >= 0.3 is 5.97 Å². The number of anilines is 1. The van der Waals surface area contributed by atoms with Gasteiger partial charge in [-0.25, -0.2) is 4.79 Å². The highest BCUT2D eigenvalue weighted by molar-refractivity contribution is 7.22. The topological polar surface area (TPSA) is 52.3 Å². The lowest BCUT2D eigenvalue weighted by atomic mass is 10.2. The molecule has 0 fully saturated rings. The number of esters is 1. The first-order valence-corrected chi connectivity index (χ1v) is 7.65. The second-order valence-corrected chi connectivity index (χ2v) is 7.25. The van der Waals surface area contributed by atoms with Crippen LogP contribution in [0.2, 0.25) is 0 Å². The third kappa shape index (κ3) is 2.98.